The summed E-state index contributed by atoms with van der Waals surface area (Å²) in [4.78, 5) is 32.0. The molecule has 0 amide bonds. The molecule has 1 aliphatic heterocycles. The highest BCUT2D eigenvalue weighted by atomic mass is 16.7. The molecule has 1 aromatic heterocycles. The van der Waals surface area contributed by atoms with Gasteiger partial charge in [0.1, 0.15) is 0 Å². The number of oxime groups is 2. The molecule has 3 aromatic carbocycles. The fourth-order valence-corrected chi connectivity index (χ4v) is 4.08. The number of fused-ring (bicyclic) bond motifs is 3. The van der Waals surface area contributed by atoms with Gasteiger partial charge in [-0.15, -0.1) is 0 Å². The van der Waals surface area contributed by atoms with Crippen LogP contribution in [0.25, 0.3) is 27.5 Å². The Balaban J connectivity index is 1.60. The first kappa shape index (κ1) is 20.6. The number of para-hydroxylation sites is 1. The number of nitrogens with zero attached hydrogens (tertiary/aromatic N) is 3. The van der Waals surface area contributed by atoms with E-state index in [4.69, 9.17) is 9.68 Å². The quantitative estimate of drug-likeness (QED) is 0.251. The third-order valence-corrected chi connectivity index (χ3v) is 5.68. The Morgan fingerprint density at radius 3 is 2.45 bits per heavy atom. The summed E-state index contributed by atoms with van der Waals surface area (Å²) in [6, 6.07) is 22.4. The van der Waals surface area contributed by atoms with Gasteiger partial charge in [0.2, 0.25) is 0 Å². The predicted octanol–water partition coefficient (Wildman–Crippen LogP) is 5.11. The van der Waals surface area contributed by atoms with Crippen molar-refractivity contribution in [3.63, 3.8) is 0 Å². The molecule has 7 heteroatoms. The Morgan fingerprint density at radius 2 is 1.73 bits per heavy atom. The highest BCUT2D eigenvalue weighted by Crippen LogP contribution is 2.33. The molecular weight excluding hydrogens is 418 g/mol. The van der Waals surface area contributed by atoms with Gasteiger partial charge in [0.15, 0.2) is 0 Å². The van der Waals surface area contributed by atoms with Gasteiger partial charge in [0.25, 0.3) is 0 Å². The molecule has 0 unspecified atom stereocenters. The molecule has 1 aliphatic rings. The van der Waals surface area contributed by atoms with Gasteiger partial charge in [-0.05, 0) is 42.8 Å². The topological polar surface area (TPSA) is 82.2 Å². The number of hydrogen-bond acceptors (Lipinski definition) is 6. The molecule has 0 saturated carbocycles. The van der Waals surface area contributed by atoms with Crippen molar-refractivity contribution in [3.05, 3.63) is 77.9 Å². The maximum absolute atomic E-state index is 11.4. The normalized spacial score (nSPS) is 14.3. The summed E-state index contributed by atoms with van der Waals surface area (Å²) in [5, 5.41) is 10.1. The van der Waals surface area contributed by atoms with E-state index in [-0.39, 0.29) is 5.97 Å². The predicted molar refractivity (Wildman–Crippen MR) is 127 cm³/mol. The van der Waals surface area contributed by atoms with Crippen LogP contribution >= 0.6 is 0 Å². The van der Waals surface area contributed by atoms with Crippen LogP contribution in [-0.4, -0.2) is 27.9 Å². The largest absolute Gasteiger partial charge is 0.335 e. The molecule has 5 rings (SSSR count). The van der Waals surface area contributed by atoms with Crippen LogP contribution in [-0.2, 0) is 19.3 Å². The van der Waals surface area contributed by atoms with Crippen molar-refractivity contribution < 1.29 is 19.3 Å². The Hall–Kier alpha value is -4.26. The van der Waals surface area contributed by atoms with Gasteiger partial charge in [0, 0.05) is 35.4 Å². The number of hydrogen-bond donors (Lipinski definition) is 0. The summed E-state index contributed by atoms with van der Waals surface area (Å²) in [6.07, 6.45) is 0.907. The van der Waals surface area contributed by atoms with Crippen LogP contribution < -0.4 is 0 Å². The second-order valence-corrected chi connectivity index (χ2v) is 7.89. The Bertz CT molecular complexity index is 1460. The monoisotopic (exact) mass is 439 g/mol. The average molecular weight is 439 g/mol. The Kier molecular flexibility index (Phi) is 5.22. The van der Waals surface area contributed by atoms with Crippen molar-refractivity contribution in [2.75, 3.05) is 0 Å². The van der Waals surface area contributed by atoms with E-state index in [1.165, 1.54) is 6.92 Å². The number of rotatable bonds is 4. The zero-order chi connectivity index (χ0) is 22.9. The summed E-state index contributed by atoms with van der Waals surface area (Å²) in [6.45, 7) is 3.12. The van der Waals surface area contributed by atoms with E-state index in [1.54, 1.807) is 6.92 Å². The van der Waals surface area contributed by atoms with Gasteiger partial charge in [0.05, 0.1) is 28.9 Å². The van der Waals surface area contributed by atoms with Gasteiger partial charge in [-0.2, -0.15) is 0 Å². The van der Waals surface area contributed by atoms with Crippen LogP contribution in [0.1, 0.15) is 37.8 Å². The van der Waals surface area contributed by atoms with Crippen molar-refractivity contribution in [3.8, 4) is 5.69 Å². The second-order valence-electron chi connectivity index (χ2n) is 7.89. The number of aromatic nitrogens is 1. The molecule has 4 aromatic rings. The summed E-state index contributed by atoms with van der Waals surface area (Å²) in [5.74, 6) is -0.749. The van der Waals surface area contributed by atoms with Crippen molar-refractivity contribution in [2.24, 2.45) is 10.3 Å². The van der Waals surface area contributed by atoms with Crippen LogP contribution in [0.5, 0.6) is 0 Å². The lowest BCUT2D eigenvalue weighted by molar-refractivity contribution is -0.144. The van der Waals surface area contributed by atoms with Crippen molar-refractivity contribution in [1.82, 2.24) is 4.57 Å². The molecule has 0 bridgehead atoms. The third kappa shape index (κ3) is 3.89. The summed E-state index contributed by atoms with van der Waals surface area (Å²) in [7, 11) is 0. The maximum Gasteiger partial charge on any atom is 0.335 e. The molecule has 0 spiro atoms. The van der Waals surface area contributed by atoms with Gasteiger partial charge in [-0.3, -0.25) is 0 Å². The van der Waals surface area contributed by atoms with Gasteiger partial charge < -0.3 is 14.2 Å². The minimum Gasteiger partial charge on any atom is -0.318 e. The van der Waals surface area contributed by atoms with Crippen LogP contribution in [0.15, 0.2) is 77.0 Å². The van der Waals surface area contributed by atoms with Crippen LogP contribution in [0.4, 0.5) is 0 Å². The lowest BCUT2D eigenvalue weighted by Crippen LogP contribution is -2.14. The SMILES string of the molecule is CC(=O)ON=C(C)c1ccc(-n2c3ccccc3c3cc(C4=NOC(=O)CC4)ccc32)cc1. The van der Waals surface area contributed by atoms with E-state index < -0.39 is 5.97 Å². The molecule has 7 nitrogen and oxygen atoms in total. The zero-order valence-corrected chi connectivity index (χ0v) is 18.2. The highest BCUT2D eigenvalue weighted by Gasteiger charge is 2.18. The molecule has 2 heterocycles. The zero-order valence-electron chi connectivity index (χ0n) is 18.2. The summed E-state index contributed by atoms with van der Waals surface area (Å²) in [5.41, 5.74) is 6.37. The molecule has 33 heavy (non-hydrogen) atoms. The first-order chi connectivity index (χ1) is 16.0. The van der Waals surface area contributed by atoms with Crippen molar-refractivity contribution in [1.29, 1.82) is 0 Å². The molecule has 164 valence electrons. The van der Waals surface area contributed by atoms with Crippen LogP contribution in [0, 0.1) is 0 Å². The molecule has 0 N–H and O–H groups in total. The van der Waals surface area contributed by atoms with Crippen LogP contribution in [0.2, 0.25) is 0 Å². The first-order valence-corrected chi connectivity index (χ1v) is 10.6. The maximum atomic E-state index is 11.4. The van der Waals surface area contributed by atoms with Gasteiger partial charge >= 0.3 is 11.9 Å². The lowest BCUT2D eigenvalue weighted by Gasteiger charge is -2.11. The van der Waals surface area contributed by atoms with E-state index in [2.05, 4.69) is 39.1 Å². The van der Waals surface area contributed by atoms with E-state index in [1.807, 2.05) is 42.5 Å². The minimum atomic E-state index is -0.451. The standard InChI is InChI=1S/C26H21N3O4/c1-16(27-32-17(2)30)18-7-10-20(11-8-18)29-24-6-4-3-5-21(24)22-15-19(9-13-25(22)29)23-12-14-26(31)33-28-23/h3-11,13,15H,12,14H2,1-2H3. The van der Waals surface area contributed by atoms with E-state index in [0.717, 1.165) is 44.3 Å². The van der Waals surface area contributed by atoms with Crippen molar-refractivity contribution in [2.45, 2.75) is 26.7 Å². The second kappa shape index (κ2) is 8.35. The molecule has 0 atom stereocenters. The number of benzene rings is 3. The molecule has 0 fully saturated rings. The van der Waals surface area contributed by atoms with E-state index in [0.29, 0.717) is 18.6 Å². The van der Waals surface area contributed by atoms with Gasteiger partial charge in [-0.1, -0.05) is 46.7 Å². The molecule has 0 aliphatic carbocycles. The highest BCUT2D eigenvalue weighted by molar-refractivity contribution is 6.13. The Morgan fingerprint density at radius 1 is 0.970 bits per heavy atom. The fourth-order valence-electron chi connectivity index (χ4n) is 4.08. The number of carbonyl (C=O) groups excluding carboxylic acids is 2. The first-order valence-electron chi connectivity index (χ1n) is 10.6. The van der Waals surface area contributed by atoms with E-state index >= 15 is 0 Å². The lowest BCUT2D eigenvalue weighted by atomic mass is 10.0. The Labute approximate surface area is 189 Å². The fraction of sp³-hybridized carbons (Fsp3) is 0.154. The summed E-state index contributed by atoms with van der Waals surface area (Å²) >= 11 is 0. The van der Waals surface area contributed by atoms with E-state index in [9.17, 15) is 9.59 Å². The summed E-state index contributed by atoms with van der Waals surface area (Å²) < 4.78 is 2.21. The van der Waals surface area contributed by atoms with Crippen molar-refractivity contribution >= 4 is 45.2 Å². The van der Waals surface area contributed by atoms with Gasteiger partial charge in [-0.25, -0.2) is 9.59 Å². The molecule has 0 saturated heterocycles. The molecular formula is C26H21N3O4. The molecule has 0 radical (unpaired) electrons. The number of carbonyl (C=O) groups is 2. The smallest absolute Gasteiger partial charge is 0.318 e. The minimum absolute atomic E-state index is 0.298. The average Bonchev–Trinajstić information content (AvgIpc) is 3.17. The van der Waals surface area contributed by atoms with Crippen LogP contribution in [0.3, 0.4) is 0 Å². The third-order valence-electron chi connectivity index (χ3n) is 5.68.